The quantitative estimate of drug-likeness (QED) is 0.505. The Balaban J connectivity index is 2.07. The van der Waals surface area contributed by atoms with Crippen LogP contribution < -0.4 is 10.6 Å². The molecule has 0 unspecified atom stereocenters. The smallest absolute Gasteiger partial charge is 0.0428 e. The second-order valence-electron chi connectivity index (χ2n) is 2.84. The van der Waals surface area contributed by atoms with Crippen molar-refractivity contribution >= 4 is 10.2 Å². The topological polar surface area (TPSA) is 24.1 Å². The highest BCUT2D eigenvalue weighted by molar-refractivity contribution is 6.08. The monoisotopic (exact) mass is 191 g/mol. The van der Waals surface area contributed by atoms with Gasteiger partial charge in [-0.3, -0.25) is 0 Å². The molecule has 0 saturated carbocycles. The summed E-state index contributed by atoms with van der Waals surface area (Å²) in [5, 5.41) is 6.54. The second kappa shape index (κ2) is 6.83. The van der Waals surface area contributed by atoms with Crippen LogP contribution in [0.15, 0.2) is 30.3 Å². The average Bonchev–Trinajstić information content (AvgIpc) is 2.19. The molecule has 0 aliphatic heterocycles. The van der Waals surface area contributed by atoms with E-state index in [1.54, 1.807) is 0 Å². The number of benzene rings is 1. The maximum absolute atomic E-state index is 3.35. The molecule has 13 heavy (non-hydrogen) atoms. The Morgan fingerprint density at radius 1 is 1.00 bits per heavy atom. The molecule has 2 N–H and O–H groups in total. The molecule has 2 nitrogen and oxygen atoms in total. The van der Waals surface area contributed by atoms with Crippen LogP contribution in [0.25, 0.3) is 0 Å². The van der Waals surface area contributed by atoms with Crippen LogP contribution in [0.5, 0.6) is 0 Å². The van der Waals surface area contributed by atoms with Crippen molar-refractivity contribution in [3.63, 3.8) is 0 Å². The van der Waals surface area contributed by atoms with Crippen molar-refractivity contribution in [3.8, 4) is 0 Å². The van der Waals surface area contributed by atoms with Gasteiger partial charge in [0.25, 0.3) is 0 Å². The normalized spacial score (nSPS) is 10.2. The van der Waals surface area contributed by atoms with Crippen molar-refractivity contribution in [3.05, 3.63) is 35.9 Å². The van der Waals surface area contributed by atoms with E-state index in [0.717, 1.165) is 25.8 Å². The van der Waals surface area contributed by atoms with Crippen molar-refractivity contribution < 1.29 is 0 Å². The fourth-order valence-electron chi connectivity index (χ4n) is 1.09. The summed E-state index contributed by atoms with van der Waals surface area (Å²) in [6.07, 6.45) is 0.854. The van der Waals surface area contributed by atoms with Crippen LogP contribution in [-0.2, 0) is 6.54 Å². The molecule has 0 saturated heterocycles. The first-order valence-corrected chi connectivity index (χ1v) is 5.24. The van der Waals surface area contributed by atoms with Crippen molar-refractivity contribution in [2.24, 2.45) is 0 Å². The van der Waals surface area contributed by atoms with Crippen molar-refractivity contribution in [2.75, 3.05) is 19.3 Å². The Labute approximate surface area is 83.2 Å². The van der Waals surface area contributed by atoms with Crippen molar-refractivity contribution in [1.82, 2.24) is 10.6 Å². The van der Waals surface area contributed by atoms with Gasteiger partial charge in [-0.25, -0.2) is 0 Å². The highest BCUT2D eigenvalue weighted by Crippen LogP contribution is 1.96. The van der Waals surface area contributed by atoms with Gasteiger partial charge in [0.15, 0.2) is 0 Å². The van der Waals surface area contributed by atoms with Gasteiger partial charge in [0.05, 0.1) is 0 Å². The molecule has 0 aliphatic carbocycles. The lowest BCUT2D eigenvalue weighted by Crippen LogP contribution is -2.27. The average molecular weight is 191 g/mol. The van der Waals surface area contributed by atoms with E-state index in [2.05, 4.69) is 45.1 Å². The predicted molar refractivity (Wildman–Crippen MR) is 56.8 cm³/mol. The molecular formula is C10H15N2Si. The summed E-state index contributed by atoms with van der Waals surface area (Å²) in [6, 6.07) is 10.4. The molecule has 3 heteroatoms. The van der Waals surface area contributed by atoms with E-state index in [4.69, 9.17) is 0 Å². The van der Waals surface area contributed by atoms with Crippen LogP contribution >= 0.6 is 0 Å². The molecular weight excluding hydrogens is 176 g/mol. The lowest BCUT2D eigenvalue weighted by molar-refractivity contribution is 0.644. The van der Waals surface area contributed by atoms with Crippen LogP contribution in [0.4, 0.5) is 0 Å². The summed E-state index contributed by atoms with van der Waals surface area (Å²) in [5.74, 6) is 0. The second-order valence-corrected chi connectivity index (χ2v) is 3.19. The van der Waals surface area contributed by atoms with E-state index in [-0.39, 0.29) is 0 Å². The van der Waals surface area contributed by atoms with Crippen LogP contribution in [0.1, 0.15) is 5.56 Å². The summed E-state index contributed by atoms with van der Waals surface area (Å²) in [5.41, 5.74) is 1.33. The van der Waals surface area contributed by atoms with Crippen LogP contribution in [0.2, 0.25) is 0 Å². The molecule has 3 radical (unpaired) electrons. The number of hydrogen-bond acceptors (Lipinski definition) is 2. The first-order valence-electron chi connectivity index (χ1n) is 4.53. The van der Waals surface area contributed by atoms with Gasteiger partial charge in [-0.1, -0.05) is 30.3 Å². The third kappa shape index (κ3) is 4.82. The molecule has 0 bridgehead atoms. The van der Waals surface area contributed by atoms with Gasteiger partial charge in [-0.2, -0.15) is 0 Å². The van der Waals surface area contributed by atoms with Crippen molar-refractivity contribution in [2.45, 2.75) is 6.54 Å². The van der Waals surface area contributed by atoms with E-state index in [1.807, 2.05) is 6.07 Å². The highest BCUT2D eigenvalue weighted by atomic mass is 28.1. The minimum absolute atomic E-state index is 0.854. The molecule has 1 rings (SSSR count). The molecule has 0 spiro atoms. The number of rotatable bonds is 6. The molecule has 0 aliphatic rings. The maximum Gasteiger partial charge on any atom is 0.0428 e. The Kier molecular flexibility index (Phi) is 5.48. The summed E-state index contributed by atoms with van der Waals surface area (Å²) in [4.78, 5) is 0. The molecule has 1 aromatic rings. The highest BCUT2D eigenvalue weighted by Gasteiger charge is 1.89. The third-order valence-electron chi connectivity index (χ3n) is 1.78. The van der Waals surface area contributed by atoms with Crippen molar-refractivity contribution in [1.29, 1.82) is 0 Å². The van der Waals surface area contributed by atoms with Gasteiger partial charge >= 0.3 is 0 Å². The molecule has 69 valence electrons. The standard InChI is InChI=1S/C10H15N2Si/c13-9-12-7-6-11-8-10-4-2-1-3-5-10/h1-5,11-12H,6-9H2. The predicted octanol–water partition coefficient (Wildman–Crippen LogP) is 0.492. The van der Waals surface area contributed by atoms with Gasteiger partial charge in [0.2, 0.25) is 0 Å². The lowest BCUT2D eigenvalue weighted by atomic mass is 10.2. The Hall–Kier alpha value is -0.643. The minimum Gasteiger partial charge on any atom is -0.319 e. The zero-order chi connectivity index (χ0) is 9.36. The first kappa shape index (κ1) is 10.4. The van der Waals surface area contributed by atoms with Crippen LogP contribution in [0, 0.1) is 0 Å². The summed E-state index contributed by atoms with van der Waals surface area (Å²) < 4.78 is 0. The van der Waals surface area contributed by atoms with E-state index in [1.165, 1.54) is 5.56 Å². The van der Waals surface area contributed by atoms with E-state index in [9.17, 15) is 0 Å². The molecule has 0 atom stereocenters. The fourth-order valence-corrected chi connectivity index (χ4v) is 1.27. The zero-order valence-electron chi connectivity index (χ0n) is 7.72. The maximum atomic E-state index is 3.35. The van der Waals surface area contributed by atoms with Gasteiger partial charge in [0, 0.05) is 29.9 Å². The Morgan fingerprint density at radius 3 is 2.38 bits per heavy atom. The third-order valence-corrected chi connectivity index (χ3v) is 2.03. The largest absolute Gasteiger partial charge is 0.319 e. The minimum atomic E-state index is 0.854. The van der Waals surface area contributed by atoms with Crippen LogP contribution in [-0.4, -0.2) is 29.5 Å². The molecule has 0 aromatic heterocycles. The fraction of sp³-hybridized carbons (Fsp3) is 0.400. The summed E-state index contributed by atoms with van der Waals surface area (Å²) in [7, 11) is 3.35. The first-order chi connectivity index (χ1) is 6.43. The number of nitrogens with one attached hydrogen (secondary N) is 2. The number of hydrogen-bond donors (Lipinski definition) is 2. The summed E-state index contributed by atoms with van der Waals surface area (Å²) in [6.45, 7) is 2.94. The lowest BCUT2D eigenvalue weighted by Gasteiger charge is -2.04. The molecule has 1 aromatic carbocycles. The van der Waals surface area contributed by atoms with Gasteiger partial charge in [0.1, 0.15) is 0 Å². The van der Waals surface area contributed by atoms with E-state index in [0.29, 0.717) is 0 Å². The Morgan fingerprint density at radius 2 is 1.69 bits per heavy atom. The molecule has 0 fully saturated rings. The molecule has 0 heterocycles. The van der Waals surface area contributed by atoms with E-state index >= 15 is 0 Å². The summed E-state index contributed by atoms with van der Waals surface area (Å²) >= 11 is 0. The zero-order valence-corrected chi connectivity index (χ0v) is 8.72. The SMILES string of the molecule is [Si]CNCCNCc1ccccc1. The van der Waals surface area contributed by atoms with Crippen LogP contribution in [0.3, 0.4) is 0 Å². The van der Waals surface area contributed by atoms with Gasteiger partial charge < -0.3 is 10.6 Å². The van der Waals surface area contributed by atoms with Gasteiger partial charge in [-0.15, -0.1) is 0 Å². The Bertz CT molecular complexity index is 213. The van der Waals surface area contributed by atoms with Gasteiger partial charge in [-0.05, 0) is 11.7 Å². The van der Waals surface area contributed by atoms with E-state index < -0.39 is 0 Å². The molecule has 0 amide bonds.